The molecule has 1 N–H and O–H groups in total. The van der Waals surface area contributed by atoms with Crippen LogP contribution in [-0.4, -0.2) is 10.7 Å². The van der Waals surface area contributed by atoms with Gasteiger partial charge < -0.3 is 5.11 Å². The maximum atomic E-state index is 9.65. The summed E-state index contributed by atoms with van der Waals surface area (Å²) in [6.45, 7) is 7.58. The summed E-state index contributed by atoms with van der Waals surface area (Å²) in [5, 5.41) is 9.65. The molecule has 1 aliphatic carbocycles. The molecule has 0 fully saturated rings. The van der Waals surface area contributed by atoms with Gasteiger partial charge in [-0.15, -0.1) is 0 Å². The lowest BCUT2D eigenvalue weighted by Gasteiger charge is -2.29. The number of rotatable bonds is 1. The zero-order valence-corrected chi connectivity index (χ0v) is 7.30. The molecular formula is C10H16O. The van der Waals surface area contributed by atoms with Gasteiger partial charge in [-0.3, -0.25) is 0 Å². The summed E-state index contributed by atoms with van der Waals surface area (Å²) in [5.74, 6) is 0.299. The highest BCUT2D eigenvalue weighted by atomic mass is 16.3. The molecule has 0 aromatic heterocycles. The molecule has 0 radical (unpaired) electrons. The fraction of sp³-hybridized carbons (Fsp3) is 0.600. The first-order valence-electron chi connectivity index (χ1n) is 4.08. The van der Waals surface area contributed by atoms with Gasteiger partial charge in [0.2, 0.25) is 0 Å². The Balaban J connectivity index is 2.65. The lowest BCUT2D eigenvalue weighted by Crippen LogP contribution is -2.30. The number of aliphatic hydroxyl groups is 1. The Kier molecular flexibility index (Phi) is 2.19. The second-order valence-corrected chi connectivity index (χ2v) is 3.82. The molecule has 0 spiro atoms. The number of hydrogen-bond acceptors (Lipinski definition) is 1. The Morgan fingerprint density at radius 2 is 2.27 bits per heavy atom. The highest BCUT2D eigenvalue weighted by molar-refractivity contribution is 5.20. The van der Waals surface area contributed by atoms with Crippen molar-refractivity contribution < 1.29 is 5.11 Å². The molecule has 0 saturated carbocycles. The quantitative estimate of drug-likeness (QED) is 0.611. The largest absolute Gasteiger partial charge is 0.390 e. The lowest BCUT2D eigenvalue weighted by atomic mass is 9.82. The molecular weight excluding hydrogens is 136 g/mol. The zero-order chi connectivity index (χ0) is 8.48. The molecule has 0 aliphatic heterocycles. The molecule has 62 valence electrons. The van der Waals surface area contributed by atoms with Crippen LogP contribution in [0, 0.1) is 5.92 Å². The van der Waals surface area contributed by atoms with E-state index in [9.17, 15) is 5.11 Å². The second kappa shape index (κ2) is 2.82. The molecule has 1 nitrogen and oxygen atoms in total. The van der Waals surface area contributed by atoms with Gasteiger partial charge in [-0.05, 0) is 26.7 Å². The maximum absolute atomic E-state index is 9.65. The van der Waals surface area contributed by atoms with Gasteiger partial charge in [0.25, 0.3) is 0 Å². The van der Waals surface area contributed by atoms with Crippen molar-refractivity contribution in [3.63, 3.8) is 0 Å². The van der Waals surface area contributed by atoms with Crippen molar-refractivity contribution >= 4 is 0 Å². The predicted molar refractivity (Wildman–Crippen MR) is 47.3 cm³/mol. The van der Waals surface area contributed by atoms with Gasteiger partial charge in [-0.25, -0.2) is 0 Å². The van der Waals surface area contributed by atoms with Crippen LogP contribution in [0.15, 0.2) is 24.3 Å². The van der Waals surface area contributed by atoms with Crippen LogP contribution in [0.4, 0.5) is 0 Å². The fourth-order valence-electron chi connectivity index (χ4n) is 1.36. The molecule has 0 aromatic rings. The number of allylic oxidation sites excluding steroid dienone is 2. The van der Waals surface area contributed by atoms with E-state index in [0.717, 1.165) is 12.8 Å². The van der Waals surface area contributed by atoms with Crippen molar-refractivity contribution in [3.8, 4) is 0 Å². The molecule has 0 heterocycles. The van der Waals surface area contributed by atoms with Crippen LogP contribution in [-0.2, 0) is 0 Å². The van der Waals surface area contributed by atoms with Crippen LogP contribution in [0.5, 0.6) is 0 Å². The summed E-state index contributed by atoms with van der Waals surface area (Å²) in [4.78, 5) is 0. The van der Waals surface area contributed by atoms with Crippen molar-refractivity contribution in [2.24, 2.45) is 5.92 Å². The average Bonchev–Trinajstić information content (AvgIpc) is 1.86. The maximum Gasteiger partial charge on any atom is 0.0654 e. The average molecular weight is 152 g/mol. The first-order valence-corrected chi connectivity index (χ1v) is 4.08. The SMILES string of the molecule is C=C1C=CC(C(C)(C)O)CC1. The minimum atomic E-state index is -0.572. The number of hydrogen-bond donors (Lipinski definition) is 1. The van der Waals surface area contributed by atoms with Crippen LogP contribution in [0.2, 0.25) is 0 Å². The Morgan fingerprint density at radius 1 is 1.64 bits per heavy atom. The van der Waals surface area contributed by atoms with E-state index in [1.807, 2.05) is 19.9 Å². The van der Waals surface area contributed by atoms with E-state index >= 15 is 0 Å². The van der Waals surface area contributed by atoms with Crippen molar-refractivity contribution in [3.05, 3.63) is 24.3 Å². The molecule has 0 bridgehead atoms. The third kappa shape index (κ3) is 2.19. The van der Waals surface area contributed by atoms with Crippen LogP contribution < -0.4 is 0 Å². The van der Waals surface area contributed by atoms with E-state index < -0.39 is 5.60 Å². The van der Waals surface area contributed by atoms with Crippen LogP contribution in [0.3, 0.4) is 0 Å². The topological polar surface area (TPSA) is 20.2 Å². The molecule has 0 saturated heterocycles. The highest BCUT2D eigenvalue weighted by Crippen LogP contribution is 2.28. The van der Waals surface area contributed by atoms with Gasteiger partial charge in [0, 0.05) is 5.92 Å². The Hall–Kier alpha value is -0.560. The summed E-state index contributed by atoms with van der Waals surface area (Å²) in [7, 11) is 0. The summed E-state index contributed by atoms with van der Waals surface area (Å²) in [6, 6.07) is 0. The third-order valence-corrected chi connectivity index (χ3v) is 2.25. The summed E-state index contributed by atoms with van der Waals surface area (Å²) >= 11 is 0. The summed E-state index contributed by atoms with van der Waals surface area (Å²) in [6.07, 6.45) is 6.13. The third-order valence-electron chi connectivity index (χ3n) is 2.25. The summed E-state index contributed by atoms with van der Waals surface area (Å²) < 4.78 is 0. The molecule has 1 atom stereocenters. The normalized spacial score (nSPS) is 25.7. The molecule has 1 aliphatic rings. The molecule has 0 amide bonds. The first kappa shape index (κ1) is 8.54. The summed E-state index contributed by atoms with van der Waals surface area (Å²) in [5.41, 5.74) is 0.600. The van der Waals surface area contributed by atoms with Gasteiger partial charge >= 0.3 is 0 Å². The van der Waals surface area contributed by atoms with Gasteiger partial charge in [-0.2, -0.15) is 0 Å². The van der Waals surface area contributed by atoms with E-state index in [0.29, 0.717) is 5.92 Å². The standard InChI is InChI=1S/C10H16O/c1-8-4-6-9(7-5-8)10(2,3)11/h4,6,9,11H,1,5,7H2,2-3H3. The van der Waals surface area contributed by atoms with Gasteiger partial charge in [0.15, 0.2) is 0 Å². The highest BCUT2D eigenvalue weighted by Gasteiger charge is 2.25. The van der Waals surface area contributed by atoms with E-state index in [1.165, 1.54) is 5.57 Å². The van der Waals surface area contributed by atoms with Gasteiger partial charge in [0.1, 0.15) is 0 Å². The fourth-order valence-corrected chi connectivity index (χ4v) is 1.36. The molecule has 0 aromatic carbocycles. The first-order chi connectivity index (χ1) is 5.00. The second-order valence-electron chi connectivity index (χ2n) is 3.82. The van der Waals surface area contributed by atoms with Crippen LogP contribution in [0.25, 0.3) is 0 Å². The lowest BCUT2D eigenvalue weighted by molar-refractivity contribution is 0.0328. The van der Waals surface area contributed by atoms with Crippen molar-refractivity contribution in [2.75, 3.05) is 0 Å². The smallest absolute Gasteiger partial charge is 0.0654 e. The van der Waals surface area contributed by atoms with Crippen LogP contribution in [0.1, 0.15) is 26.7 Å². The Labute approximate surface area is 68.4 Å². The molecule has 11 heavy (non-hydrogen) atoms. The van der Waals surface area contributed by atoms with Crippen molar-refractivity contribution in [1.29, 1.82) is 0 Å². The Morgan fingerprint density at radius 3 is 2.64 bits per heavy atom. The van der Waals surface area contributed by atoms with E-state index in [2.05, 4.69) is 12.7 Å². The predicted octanol–water partition coefficient (Wildman–Crippen LogP) is 2.28. The minimum absolute atomic E-state index is 0.299. The van der Waals surface area contributed by atoms with E-state index in [4.69, 9.17) is 0 Å². The minimum Gasteiger partial charge on any atom is -0.390 e. The van der Waals surface area contributed by atoms with Crippen LogP contribution >= 0.6 is 0 Å². The molecule has 1 unspecified atom stereocenters. The van der Waals surface area contributed by atoms with Crippen molar-refractivity contribution in [1.82, 2.24) is 0 Å². The molecule has 1 heteroatoms. The van der Waals surface area contributed by atoms with Gasteiger partial charge in [0.05, 0.1) is 5.60 Å². The Bertz CT molecular complexity index is 184. The monoisotopic (exact) mass is 152 g/mol. The van der Waals surface area contributed by atoms with E-state index in [-0.39, 0.29) is 0 Å². The van der Waals surface area contributed by atoms with E-state index in [1.54, 1.807) is 0 Å². The van der Waals surface area contributed by atoms with Crippen molar-refractivity contribution in [2.45, 2.75) is 32.3 Å². The van der Waals surface area contributed by atoms with Gasteiger partial charge in [-0.1, -0.05) is 24.3 Å². The zero-order valence-electron chi connectivity index (χ0n) is 7.30. The molecule has 1 rings (SSSR count).